The Morgan fingerprint density at radius 3 is 2.34 bits per heavy atom. The number of piperazine rings is 2. The molecule has 4 amide bonds. The van der Waals surface area contributed by atoms with Gasteiger partial charge in [-0.05, 0) is 158 Å². The van der Waals surface area contributed by atoms with Gasteiger partial charge < -0.3 is 50.2 Å². The largest absolute Gasteiger partial charge is 0.501 e. The van der Waals surface area contributed by atoms with E-state index in [2.05, 4.69) is 44.8 Å². The summed E-state index contributed by atoms with van der Waals surface area (Å²) in [5.74, 6) is -1.98. The van der Waals surface area contributed by atoms with E-state index in [1.165, 1.54) is 34.4 Å². The monoisotopic (exact) mass is 1580 g/mol. The lowest BCUT2D eigenvalue weighted by Gasteiger charge is -2.51. The number of nitrogens with one attached hydrogen (secondary N) is 3. The number of benzene rings is 5. The van der Waals surface area contributed by atoms with Crippen LogP contribution in [0.5, 0.6) is 11.6 Å². The van der Waals surface area contributed by atoms with Crippen LogP contribution in [0.25, 0.3) is 16.0 Å². The third-order valence-electron chi connectivity index (χ3n) is 21.2. The van der Waals surface area contributed by atoms with E-state index in [9.17, 15) is 32.7 Å². The smallest absolute Gasteiger partial charge is 0.489 e. The van der Waals surface area contributed by atoms with Crippen molar-refractivity contribution in [2.24, 2.45) is 17.1 Å². The summed E-state index contributed by atoms with van der Waals surface area (Å²) < 4.78 is 121. The van der Waals surface area contributed by atoms with E-state index in [0.717, 1.165) is 69.1 Å². The minimum atomic E-state index is -6.20. The number of thiazole rings is 1. The minimum Gasteiger partial charge on any atom is -0.489 e. The molecule has 3 fully saturated rings. The number of aliphatic hydroxyl groups excluding tert-OH is 1. The number of carbonyl (C=O) groups excluding carboxylic acids is 4. The molecule has 3 saturated heterocycles. The van der Waals surface area contributed by atoms with Gasteiger partial charge in [0.2, 0.25) is 23.6 Å². The summed E-state index contributed by atoms with van der Waals surface area (Å²) in [4.78, 5) is 65.7. The van der Waals surface area contributed by atoms with E-state index in [4.69, 9.17) is 31.3 Å². The first kappa shape index (κ1) is 79.5. The number of fused-ring (bicyclic) bond motifs is 3. The zero-order valence-electron chi connectivity index (χ0n) is 61.1. The van der Waals surface area contributed by atoms with E-state index in [1.54, 1.807) is 40.8 Å². The van der Waals surface area contributed by atoms with Crippen LogP contribution in [0.3, 0.4) is 0 Å². The molecule has 5 aliphatic rings. The van der Waals surface area contributed by atoms with Gasteiger partial charge in [0.05, 0.1) is 57.0 Å². The molecule has 6 heterocycles. The molecular formula is C78H92ClF3N10O12S4. The van der Waals surface area contributed by atoms with Gasteiger partial charge >= 0.3 is 5.51 Å². The predicted octanol–water partition coefficient (Wildman–Crippen LogP) is 12.5. The Labute approximate surface area is 641 Å². The first-order chi connectivity index (χ1) is 51.4. The SMILES string of the molecule is Cc1ncsc1-c1ccc([C@H](C)C(=O)N[C@@H]2C[C@@H](O)CN2C(=O)[C@@H](c2cc(OCCCCC(=O)N3CCN(CC[C@H](CSc4ccccc4)Nc4ccc(S(=O)(=O)C5NCC(CC6=C(c7ccc(Cl)cc7)CCC(C)(C)C6)N6c7ccc(C(N)=O)cc7OCC56)cc4S(=O)(=O)C(F)(F)F)CC3)no2)C(C)C)cc1. The van der Waals surface area contributed by atoms with Crippen molar-refractivity contribution in [3.8, 4) is 22.1 Å². The van der Waals surface area contributed by atoms with Crippen molar-refractivity contribution in [3.63, 3.8) is 0 Å². The number of aryl methyl sites for hydroxylation is 1. The second-order valence-corrected chi connectivity index (χ2v) is 36.1. The number of allylic oxidation sites excluding steroid dienone is 1. The highest BCUT2D eigenvalue weighted by Crippen LogP contribution is 2.48. The van der Waals surface area contributed by atoms with Crippen molar-refractivity contribution in [1.82, 2.24) is 35.5 Å². The van der Waals surface area contributed by atoms with Crippen LogP contribution in [0.4, 0.5) is 24.5 Å². The van der Waals surface area contributed by atoms with Crippen LogP contribution in [0.15, 0.2) is 152 Å². The number of likely N-dealkylation sites (tertiary alicyclic amines) is 1. The van der Waals surface area contributed by atoms with E-state index in [1.807, 2.05) is 105 Å². The zero-order valence-corrected chi connectivity index (χ0v) is 65.1. The summed E-state index contributed by atoms with van der Waals surface area (Å²) in [7, 11) is -11.0. The summed E-state index contributed by atoms with van der Waals surface area (Å²) in [6.45, 7) is 14.2. The molecule has 2 aromatic heterocycles. The predicted molar refractivity (Wildman–Crippen MR) is 410 cm³/mol. The number of carbonyl (C=O) groups is 4. The highest BCUT2D eigenvalue weighted by molar-refractivity contribution is 7.99. The minimum absolute atomic E-state index is 0.0208. The van der Waals surface area contributed by atoms with Gasteiger partial charge in [-0.3, -0.25) is 29.4 Å². The van der Waals surface area contributed by atoms with Crippen LogP contribution < -0.4 is 36.1 Å². The molecule has 12 rings (SSSR count). The normalized spacial score (nSPS) is 20.7. The molecule has 0 bridgehead atoms. The number of aromatic nitrogens is 2. The molecule has 578 valence electrons. The number of hydrogen-bond acceptors (Lipinski definition) is 20. The van der Waals surface area contributed by atoms with Crippen molar-refractivity contribution in [3.05, 3.63) is 166 Å². The molecule has 0 saturated carbocycles. The highest BCUT2D eigenvalue weighted by Gasteiger charge is 2.52. The van der Waals surface area contributed by atoms with Gasteiger partial charge in [0.1, 0.15) is 34.7 Å². The number of β-amino-alcohol motifs (C(OH)–C–C–N with tert-alkyl or cyclic N) is 1. The van der Waals surface area contributed by atoms with Gasteiger partial charge in [0.15, 0.2) is 15.6 Å². The maximum absolute atomic E-state index is 15.3. The van der Waals surface area contributed by atoms with Crippen LogP contribution in [-0.4, -0.2) is 176 Å². The molecule has 0 radical (unpaired) electrons. The molecule has 6 N–H and O–H groups in total. The number of unbranched alkanes of at least 4 members (excludes halogenated alkanes) is 1. The number of amides is 4. The van der Waals surface area contributed by atoms with Gasteiger partial charge in [0.25, 0.3) is 15.7 Å². The lowest BCUT2D eigenvalue weighted by atomic mass is 9.71. The Bertz CT molecular complexity index is 4660. The molecule has 8 atom stereocenters. The van der Waals surface area contributed by atoms with Gasteiger partial charge in [-0.15, -0.1) is 23.1 Å². The van der Waals surface area contributed by atoms with Crippen molar-refractivity contribution in [2.45, 2.75) is 167 Å². The quantitative estimate of drug-likeness (QED) is 0.0225. The van der Waals surface area contributed by atoms with Crippen molar-refractivity contribution in [2.75, 3.05) is 75.0 Å². The first-order valence-electron chi connectivity index (χ1n) is 36.5. The van der Waals surface area contributed by atoms with Crippen LogP contribution in [0.2, 0.25) is 5.02 Å². The second-order valence-electron chi connectivity index (χ2n) is 29.7. The number of thioether (sulfide) groups is 1. The van der Waals surface area contributed by atoms with Crippen molar-refractivity contribution >= 4 is 95.0 Å². The Kier molecular flexibility index (Phi) is 24.8. The maximum atomic E-state index is 15.3. The molecule has 5 aromatic carbocycles. The van der Waals surface area contributed by atoms with Crippen LogP contribution >= 0.6 is 34.7 Å². The average Bonchev–Trinajstić information content (AvgIpc) is 0.891. The third-order valence-corrected chi connectivity index (χ3v) is 27.2. The number of rotatable bonds is 28. The fourth-order valence-electron chi connectivity index (χ4n) is 15.2. The maximum Gasteiger partial charge on any atom is 0.501 e. The molecule has 1 aliphatic carbocycles. The van der Waals surface area contributed by atoms with E-state index >= 15 is 21.6 Å². The lowest BCUT2D eigenvalue weighted by Crippen LogP contribution is -2.68. The first-order valence-corrected chi connectivity index (χ1v) is 41.8. The second kappa shape index (κ2) is 33.7. The van der Waals surface area contributed by atoms with Gasteiger partial charge in [-0.2, -0.15) is 13.2 Å². The number of nitrogens with two attached hydrogens (primary N) is 1. The Morgan fingerprint density at radius 2 is 1.65 bits per heavy atom. The standard InChI is InChI=1S/C78H92ClF3N10O12S4/c1-47(2)71(76(97)91-43-58(93)38-68(91)87-74(96)48(3)50-15-17-52(18-16-50)72-49(4)85-46-106-72)66-40-69(88-104-66)102-35-11-10-14-70(94)90-33-31-89(32-34-90)30-28-56(45-105-59-12-8-7-9-13-59)86-62-25-24-60(39-67(62)108(100,101)78(80,81)82)107(98,99)75-64-44-103-65-37-53(73(83)95)21-26-63(65)92(64)57(42-84-75)36-54-41-77(5,6)29-27-61(54)51-19-22-55(79)23-20-51/h7-9,12-13,15-26,37,39-40,46-48,56-58,64,68,71,75,84,86,93H,10-11,14,27-36,38,41-45H2,1-6H3,(H2,83,95)(H,87,96)/t48-,56+,57?,58+,64?,68-,71+,75?/m0/s1. The Hall–Kier alpha value is -8.03. The zero-order chi connectivity index (χ0) is 77.0. The number of hydrogen-bond donors (Lipinski definition) is 5. The molecular weight excluding hydrogens is 1490 g/mol. The average molecular weight is 1580 g/mol. The summed E-state index contributed by atoms with van der Waals surface area (Å²) in [5, 5.41) is 23.3. The third kappa shape index (κ3) is 18.2. The number of sulfone groups is 2. The van der Waals surface area contributed by atoms with Crippen molar-refractivity contribution in [1.29, 1.82) is 0 Å². The van der Waals surface area contributed by atoms with Crippen LogP contribution in [0, 0.1) is 18.3 Å². The lowest BCUT2D eigenvalue weighted by molar-refractivity contribution is -0.137. The van der Waals surface area contributed by atoms with Gasteiger partial charge in [-0.25, -0.2) is 21.8 Å². The number of anilines is 2. The number of halogens is 4. The van der Waals surface area contributed by atoms with E-state index in [-0.39, 0.29) is 91.2 Å². The Balaban J connectivity index is 0.664. The Morgan fingerprint density at radius 1 is 0.917 bits per heavy atom. The molecule has 108 heavy (non-hydrogen) atoms. The molecule has 22 nitrogen and oxygen atoms in total. The summed E-state index contributed by atoms with van der Waals surface area (Å²) in [6.07, 6.45) is 3.04. The molecule has 30 heteroatoms. The van der Waals surface area contributed by atoms with Crippen molar-refractivity contribution < 1.29 is 68.3 Å². The van der Waals surface area contributed by atoms with E-state index < -0.39 is 94.2 Å². The van der Waals surface area contributed by atoms with Crippen LogP contribution in [0.1, 0.15) is 137 Å². The molecule has 4 aliphatic heterocycles. The van der Waals surface area contributed by atoms with Gasteiger partial charge in [0, 0.05) is 98.0 Å². The molecule has 3 unspecified atom stereocenters. The summed E-state index contributed by atoms with van der Waals surface area (Å²) >= 11 is 9.29. The molecule has 0 spiro atoms. The number of primary amides is 1. The number of ether oxygens (including phenoxy) is 2. The summed E-state index contributed by atoms with van der Waals surface area (Å²) in [6, 6.07) is 31.7. The number of aliphatic hydroxyl groups is 1. The highest BCUT2D eigenvalue weighted by atomic mass is 35.5. The molecule has 7 aromatic rings. The topological polar surface area (TPSA) is 289 Å². The van der Waals surface area contributed by atoms with Crippen LogP contribution in [-0.2, 0) is 34.1 Å². The fraction of sp³-hybridized carbons (Fsp3) is 0.462. The van der Waals surface area contributed by atoms with Gasteiger partial charge in [-0.1, -0.05) is 99.5 Å². The summed E-state index contributed by atoms with van der Waals surface area (Å²) in [5.41, 5.74) is 7.92. The fourth-order valence-corrected chi connectivity index (χ4v) is 20.0. The number of alkyl halides is 3. The van der Waals surface area contributed by atoms with E-state index in [0.29, 0.717) is 80.9 Å². The number of nitrogens with zero attached hydrogens (tertiary/aromatic N) is 6.